The molecule has 3 aromatic rings. The molecule has 1 saturated carbocycles. The Bertz CT molecular complexity index is 1210. The fourth-order valence-corrected chi connectivity index (χ4v) is 4.42. The number of aromatic hydroxyl groups is 1. The lowest BCUT2D eigenvalue weighted by molar-refractivity contribution is -0.142. The maximum Gasteiger partial charge on any atom is 0.438 e. The largest absolute Gasteiger partial charge is 0.507 e. The van der Waals surface area contributed by atoms with Crippen molar-refractivity contribution >= 4 is 5.82 Å². The number of methoxy groups -OCH3 is 1. The number of benzene rings is 1. The summed E-state index contributed by atoms with van der Waals surface area (Å²) < 4.78 is 58.5. The van der Waals surface area contributed by atoms with E-state index in [2.05, 4.69) is 32.1 Å². The topological polar surface area (TPSA) is 97.2 Å². The van der Waals surface area contributed by atoms with E-state index in [4.69, 9.17) is 4.74 Å². The molecule has 8 nitrogen and oxygen atoms in total. The zero-order valence-electron chi connectivity index (χ0n) is 20.0. The van der Waals surface area contributed by atoms with Gasteiger partial charge in [0.15, 0.2) is 11.6 Å². The van der Waals surface area contributed by atoms with Gasteiger partial charge in [-0.2, -0.15) is 13.2 Å². The Hall–Kier alpha value is -3.57. The van der Waals surface area contributed by atoms with Gasteiger partial charge in [0.1, 0.15) is 11.9 Å². The second kappa shape index (κ2) is 10.2. The Morgan fingerprint density at radius 2 is 1.92 bits per heavy atom. The summed E-state index contributed by atoms with van der Waals surface area (Å²) in [7, 11) is 2.84. The van der Waals surface area contributed by atoms with E-state index in [1.54, 1.807) is 11.9 Å². The first-order valence-electron chi connectivity index (χ1n) is 11.5. The third-order valence-corrected chi connectivity index (χ3v) is 6.57. The van der Waals surface area contributed by atoms with Crippen molar-refractivity contribution in [2.75, 3.05) is 19.1 Å². The molecule has 1 aromatic carbocycles. The van der Waals surface area contributed by atoms with Crippen molar-refractivity contribution in [3.63, 3.8) is 0 Å². The molecule has 12 heteroatoms. The summed E-state index contributed by atoms with van der Waals surface area (Å²) in [5, 5.41) is 18.8. The molecule has 36 heavy (non-hydrogen) atoms. The number of aromatic nitrogens is 5. The Labute approximate surface area is 205 Å². The van der Waals surface area contributed by atoms with Crippen LogP contribution in [0.25, 0.3) is 22.6 Å². The molecule has 1 aliphatic rings. The number of nitrogens with zero attached hydrogens (tertiary/aromatic N) is 6. The average Bonchev–Trinajstić information content (AvgIpc) is 2.87. The van der Waals surface area contributed by atoms with Crippen LogP contribution in [0.5, 0.6) is 11.6 Å². The van der Waals surface area contributed by atoms with Gasteiger partial charge in [0, 0.05) is 12.6 Å². The number of hydrogen-bond donors (Lipinski definition) is 1. The van der Waals surface area contributed by atoms with Gasteiger partial charge < -0.3 is 14.7 Å². The van der Waals surface area contributed by atoms with Crippen molar-refractivity contribution in [3.05, 3.63) is 36.3 Å². The van der Waals surface area contributed by atoms with Crippen molar-refractivity contribution in [3.8, 4) is 34.3 Å². The Morgan fingerprint density at radius 3 is 2.53 bits per heavy atom. The SMILES string of the molecule is CC[C@@H]1CC[C@H](F)[C@H](N(C)c2cnc(-c3ccc(-c4cnc(C(F)(F)F)c(OC)n4)cc3O)nn2)C1. The Kier molecular flexibility index (Phi) is 7.23. The number of hydrogen-bond acceptors (Lipinski definition) is 8. The number of phenolic OH excluding ortho intramolecular Hbond substituents is 1. The van der Waals surface area contributed by atoms with Gasteiger partial charge in [0.25, 0.3) is 0 Å². The first-order chi connectivity index (χ1) is 17.1. The molecule has 0 radical (unpaired) electrons. The van der Waals surface area contributed by atoms with Gasteiger partial charge in [0.2, 0.25) is 11.6 Å². The van der Waals surface area contributed by atoms with Crippen LogP contribution in [0.3, 0.4) is 0 Å². The van der Waals surface area contributed by atoms with Crippen LogP contribution in [0.15, 0.2) is 30.6 Å². The van der Waals surface area contributed by atoms with E-state index in [-0.39, 0.29) is 28.9 Å². The van der Waals surface area contributed by atoms with Gasteiger partial charge in [0.05, 0.1) is 36.8 Å². The first kappa shape index (κ1) is 25.5. The minimum Gasteiger partial charge on any atom is -0.507 e. The molecule has 0 saturated heterocycles. The predicted molar refractivity (Wildman–Crippen MR) is 124 cm³/mol. The van der Waals surface area contributed by atoms with Gasteiger partial charge in [-0.25, -0.2) is 19.3 Å². The van der Waals surface area contributed by atoms with Crippen LogP contribution in [-0.2, 0) is 6.18 Å². The van der Waals surface area contributed by atoms with Gasteiger partial charge >= 0.3 is 6.18 Å². The summed E-state index contributed by atoms with van der Waals surface area (Å²) in [5.74, 6) is 0.132. The van der Waals surface area contributed by atoms with Crippen molar-refractivity contribution in [1.29, 1.82) is 0 Å². The monoisotopic (exact) mass is 506 g/mol. The number of alkyl halides is 4. The van der Waals surface area contributed by atoms with E-state index in [0.29, 0.717) is 23.7 Å². The highest BCUT2D eigenvalue weighted by molar-refractivity contribution is 5.71. The second-order valence-corrected chi connectivity index (χ2v) is 8.76. The van der Waals surface area contributed by atoms with Crippen LogP contribution in [0.2, 0.25) is 0 Å². The van der Waals surface area contributed by atoms with Crippen molar-refractivity contribution < 1.29 is 27.4 Å². The lowest BCUT2D eigenvalue weighted by Crippen LogP contribution is -2.44. The van der Waals surface area contributed by atoms with Crippen LogP contribution >= 0.6 is 0 Å². The quantitative estimate of drug-likeness (QED) is 0.463. The van der Waals surface area contributed by atoms with Gasteiger partial charge in [-0.15, -0.1) is 10.2 Å². The van der Waals surface area contributed by atoms with E-state index in [0.717, 1.165) is 32.6 Å². The van der Waals surface area contributed by atoms with Gasteiger partial charge in [-0.05, 0) is 37.3 Å². The third-order valence-electron chi connectivity index (χ3n) is 6.57. The van der Waals surface area contributed by atoms with Crippen LogP contribution in [0.1, 0.15) is 38.3 Å². The van der Waals surface area contributed by atoms with E-state index in [1.165, 1.54) is 24.4 Å². The normalized spacial score (nSPS) is 20.2. The van der Waals surface area contributed by atoms with Crippen molar-refractivity contribution in [2.24, 2.45) is 5.92 Å². The predicted octanol–water partition coefficient (Wildman–Crippen LogP) is 5.08. The van der Waals surface area contributed by atoms with Gasteiger partial charge in [-0.3, -0.25) is 0 Å². The molecule has 0 unspecified atom stereocenters. The maximum absolute atomic E-state index is 14.6. The minimum atomic E-state index is -4.72. The summed E-state index contributed by atoms with van der Waals surface area (Å²) >= 11 is 0. The Balaban J connectivity index is 1.55. The van der Waals surface area contributed by atoms with E-state index >= 15 is 0 Å². The molecule has 0 aliphatic heterocycles. The molecular formula is C24H26F4N6O2. The molecule has 2 aromatic heterocycles. The second-order valence-electron chi connectivity index (χ2n) is 8.76. The highest BCUT2D eigenvalue weighted by atomic mass is 19.4. The van der Waals surface area contributed by atoms with E-state index in [1.807, 2.05) is 0 Å². The molecule has 192 valence electrons. The smallest absolute Gasteiger partial charge is 0.438 e. The minimum absolute atomic E-state index is 0.0800. The lowest BCUT2D eigenvalue weighted by Gasteiger charge is -2.37. The number of rotatable bonds is 6. The van der Waals surface area contributed by atoms with Gasteiger partial charge in [-0.1, -0.05) is 19.4 Å². The molecule has 0 bridgehead atoms. The molecular weight excluding hydrogens is 480 g/mol. The average molecular weight is 507 g/mol. The fourth-order valence-electron chi connectivity index (χ4n) is 4.42. The van der Waals surface area contributed by atoms with Crippen LogP contribution in [0.4, 0.5) is 23.4 Å². The summed E-state index contributed by atoms with van der Waals surface area (Å²) in [6.45, 7) is 2.11. The molecule has 0 spiro atoms. The molecule has 1 N–H and O–H groups in total. The number of ether oxygens (including phenoxy) is 1. The molecule has 0 amide bonds. The zero-order chi connectivity index (χ0) is 26.0. The first-order valence-corrected chi connectivity index (χ1v) is 11.5. The maximum atomic E-state index is 14.6. The highest BCUT2D eigenvalue weighted by Crippen LogP contribution is 2.37. The summed E-state index contributed by atoms with van der Waals surface area (Å²) in [6, 6.07) is 4.05. The molecule has 4 rings (SSSR count). The lowest BCUT2D eigenvalue weighted by atomic mass is 9.82. The van der Waals surface area contributed by atoms with Crippen LogP contribution in [-0.4, -0.2) is 56.6 Å². The summed E-state index contributed by atoms with van der Waals surface area (Å²) in [4.78, 5) is 13.3. The summed E-state index contributed by atoms with van der Waals surface area (Å²) in [5.41, 5.74) is -0.579. The number of halogens is 4. The Morgan fingerprint density at radius 1 is 1.14 bits per heavy atom. The third kappa shape index (κ3) is 5.17. The molecule has 2 heterocycles. The van der Waals surface area contributed by atoms with Crippen LogP contribution < -0.4 is 9.64 Å². The van der Waals surface area contributed by atoms with E-state index < -0.39 is 23.9 Å². The van der Waals surface area contributed by atoms with Crippen molar-refractivity contribution in [1.82, 2.24) is 25.1 Å². The summed E-state index contributed by atoms with van der Waals surface area (Å²) in [6.07, 6.45) is -0.112. The molecule has 1 fully saturated rings. The van der Waals surface area contributed by atoms with Crippen LogP contribution in [0, 0.1) is 5.92 Å². The highest BCUT2D eigenvalue weighted by Gasteiger charge is 2.37. The van der Waals surface area contributed by atoms with E-state index in [9.17, 15) is 22.7 Å². The van der Waals surface area contributed by atoms with Crippen molar-refractivity contribution in [2.45, 2.75) is 51.0 Å². The number of phenols is 1. The number of anilines is 1. The molecule has 3 atom stereocenters. The standard InChI is InChI=1S/C24H26F4N6O2/c1-4-13-5-8-16(25)18(9-13)34(2)20-12-30-22(33-32-20)15-7-6-14(10-19(15)35)17-11-29-21(24(26,27)28)23(31-17)36-3/h6-7,10-13,16,18,35H,4-5,8-9H2,1-3H3/t13-,16+,18-/m1/s1. The molecule has 1 aliphatic carbocycles. The zero-order valence-corrected chi connectivity index (χ0v) is 20.0. The fraction of sp³-hybridized carbons (Fsp3) is 0.458.